The van der Waals surface area contributed by atoms with Gasteiger partial charge >= 0.3 is 0 Å². The molecular weight excluding hydrogens is 442 g/mol. The fourth-order valence-corrected chi connectivity index (χ4v) is 5.88. The summed E-state index contributed by atoms with van der Waals surface area (Å²) in [7, 11) is -3.11. The molecule has 1 atom stereocenters. The number of anilines is 1. The average molecular weight is 468 g/mol. The van der Waals surface area contributed by atoms with Crippen molar-refractivity contribution in [3.8, 4) is 22.8 Å². The molecule has 2 aliphatic rings. The van der Waals surface area contributed by atoms with Gasteiger partial charge in [0.05, 0.1) is 23.2 Å². The van der Waals surface area contributed by atoms with E-state index in [0.717, 1.165) is 22.4 Å². The molecule has 33 heavy (non-hydrogen) atoms. The number of aryl methyl sites for hydroxylation is 2. The molecule has 9 heteroatoms. The fraction of sp³-hybridized carbons (Fsp3) is 0.333. The van der Waals surface area contributed by atoms with E-state index < -0.39 is 9.84 Å². The van der Waals surface area contributed by atoms with Crippen LogP contribution in [0.5, 0.6) is 11.5 Å². The lowest BCUT2D eigenvalue weighted by Gasteiger charge is -2.18. The van der Waals surface area contributed by atoms with Crippen molar-refractivity contribution in [2.45, 2.75) is 26.3 Å². The van der Waals surface area contributed by atoms with Gasteiger partial charge in [0.25, 0.3) is 5.91 Å². The van der Waals surface area contributed by atoms with E-state index in [1.54, 1.807) is 28.9 Å². The molecule has 3 heterocycles. The molecule has 1 amide bonds. The van der Waals surface area contributed by atoms with Crippen molar-refractivity contribution in [1.82, 2.24) is 9.78 Å². The zero-order chi connectivity index (χ0) is 23.2. The van der Waals surface area contributed by atoms with Crippen molar-refractivity contribution < 1.29 is 22.7 Å². The zero-order valence-corrected chi connectivity index (χ0v) is 19.3. The number of nitrogens with zero attached hydrogens (tertiary/aromatic N) is 2. The standard InChI is InChI=1S/C24H25N3O5S/c1-15-3-4-17(11-16(15)2)21-13-20(26-27(21)19-7-10-33(29,30)14-19)24(28)25-18-5-6-22-23(12-18)32-9-8-31-22/h3-6,11-13,19H,7-10,14H2,1-2H3,(H,25,28)/t19-/m0/s1. The Kier molecular flexibility index (Phi) is 5.36. The third-order valence-corrected chi connectivity index (χ3v) is 7.88. The minimum atomic E-state index is -3.11. The molecule has 3 aromatic rings. The van der Waals surface area contributed by atoms with Crippen LogP contribution in [0.15, 0.2) is 42.5 Å². The second-order valence-electron chi connectivity index (χ2n) is 8.53. The summed E-state index contributed by atoms with van der Waals surface area (Å²) in [5, 5.41) is 7.41. The number of hydrogen-bond donors (Lipinski definition) is 1. The summed E-state index contributed by atoms with van der Waals surface area (Å²) in [5.74, 6) is 0.995. The number of amides is 1. The van der Waals surface area contributed by atoms with Gasteiger partial charge in [0.15, 0.2) is 27.0 Å². The van der Waals surface area contributed by atoms with E-state index in [1.165, 1.54) is 0 Å². The third-order valence-electron chi connectivity index (χ3n) is 6.13. The second-order valence-corrected chi connectivity index (χ2v) is 10.8. The number of aromatic nitrogens is 2. The van der Waals surface area contributed by atoms with Gasteiger partial charge in [-0.25, -0.2) is 8.42 Å². The molecular formula is C24H25N3O5S. The average Bonchev–Trinajstić information content (AvgIpc) is 3.39. The van der Waals surface area contributed by atoms with Crippen molar-refractivity contribution >= 4 is 21.4 Å². The lowest BCUT2D eigenvalue weighted by atomic mass is 10.0. The van der Waals surface area contributed by atoms with E-state index in [0.29, 0.717) is 36.8 Å². The van der Waals surface area contributed by atoms with E-state index in [9.17, 15) is 13.2 Å². The summed E-state index contributed by atoms with van der Waals surface area (Å²) in [6.07, 6.45) is 0.477. The minimum Gasteiger partial charge on any atom is -0.486 e. The van der Waals surface area contributed by atoms with Gasteiger partial charge < -0.3 is 14.8 Å². The minimum absolute atomic E-state index is 0.0236. The molecule has 1 fully saturated rings. The molecule has 172 valence electrons. The Labute approximate surface area is 192 Å². The summed E-state index contributed by atoms with van der Waals surface area (Å²) >= 11 is 0. The lowest BCUT2D eigenvalue weighted by Crippen LogP contribution is -2.17. The number of carbonyl (C=O) groups excluding carboxylic acids is 1. The maximum atomic E-state index is 13.1. The first kappa shape index (κ1) is 21.5. The largest absolute Gasteiger partial charge is 0.486 e. The maximum absolute atomic E-state index is 13.1. The molecule has 5 rings (SSSR count). The quantitative estimate of drug-likeness (QED) is 0.630. The molecule has 0 spiro atoms. The third kappa shape index (κ3) is 4.32. The predicted molar refractivity (Wildman–Crippen MR) is 125 cm³/mol. The van der Waals surface area contributed by atoms with Crippen LogP contribution in [0, 0.1) is 13.8 Å². The van der Waals surface area contributed by atoms with E-state index in [-0.39, 0.29) is 29.1 Å². The molecule has 2 aliphatic heterocycles. The van der Waals surface area contributed by atoms with Crippen LogP contribution in [-0.2, 0) is 9.84 Å². The Hall–Kier alpha value is -3.33. The van der Waals surface area contributed by atoms with E-state index in [1.807, 2.05) is 32.0 Å². The van der Waals surface area contributed by atoms with Gasteiger partial charge in [-0.3, -0.25) is 9.48 Å². The van der Waals surface area contributed by atoms with Crippen LogP contribution in [0.2, 0.25) is 0 Å². The highest BCUT2D eigenvalue weighted by atomic mass is 32.2. The van der Waals surface area contributed by atoms with Crippen LogP contribution < -0.4 is 14.8 Å². The number of hydrogen-bond acceptors (Lipinski definition) is 6. The molecule has 0 bridgehead atoms. The highest BCUT2D eigenvalue weighted by Crippen LogP contribution is 2.34. The number of carbonyl (C=O) groups is 1. The SMILES string of the molecule is Cc1ccc(-c2cc(C(=O)Nc3ccc4c(c3)OCCO4)nn2[C@H]2CCS(=O)(=O)C2)cc1C. The molecule has 0 radical (unpaired) electrons. The normalized spacial score (nSPS) is 18.8. The Morgan fingerprint density at radius 3 is 2.55 bits per heavy atom. The molecule has 0 aliphatic carbocycles. The van der Waals surface area contributed by atoms with E-state index in [2.05, 4.69) is 10.4 Å². The molecule has 8 nitrogen and oxygen atoms in total. The molecule has 0 saturated carbocycles. The monoisotopic (exact) mass is 467 g/mol. The molecule has 2 aromatic carbocycles. The first-order valence-corrected chi connectivity index (χ1v) is 12.7. The number of benzene rings is 2. The topological polar surface area (TPSA) is 99.5 Å². The van der Waals surface area contributed by atoms with Crippen molar-refractivity contribution in [3.05, 3.63) is 59.3 Å². The van der Waals surface area contributed by atoms with Crippen LogP contribution in [-0.4, -0.2) is 48.8 Å². The predicted octanol–water partition coefficient (Wildman–Crippen LogP) is 3.55. The van der Waals surface area contributed by atoms with Gasteiger partial charge in [0.2, 0.25) is 0 Å². The molecule has 1 saturated heterocycles. The smallest absolute Gasteiger partial charge is 0.276 e. The Morgan fingerprint density at radius 1 is 1.03 bits per heavy atom. The van der Waals surface area contributed by atoms with Crippen LogP contribution >= 0.6 is 0 Å². The van der Waals surface area contributed by atoms with Crippen LogP contribution in [0.3, 0.4) is 0 Å². The maximum Gasteiger partial charge on any atom is 0.276 e. The number of sulfone groups is 1. The van der Waals surface area contributed by atoms with Gasteiger partial charge in [-0.1, -0.05) is 12.1 Å². The number of nitrogens with one attached hydrogen (secondary N) is 1. The number of fused-ring (bicyclic) bond motifs is 1. The van der Waals surface area contributed by atoms with Gasteiger partial charge in [0, 0.05) is 17.3 Å². The van der Waals surface area contributed by atoms with Gasteiger partial charge in [-0.2, -0.15) is 5.10 Å². The highest BCUT2D eigenvalue weighted by Gasteiger charge is 2.32. The Morgan fingerprint density at radius 2 is 1.82 bits per heavy atom. The Bertz CT molecular complexity index is 1350. The van der Waals surface area contributed by atoms with Crippen molar-refractivity contribution in [3.63, 3.8) is 0 Å². The second kappa shape index (κ2) is 8.22. The van der Waals surface area contributed by atoms with Crippen LogP contribution in [0.1, 0.15) is 34.1 Å². The first-order valence-electron chi connectivity index (χ1n) is 10.9. The molecule has 0 unspecified atom stereocenters. The number of rotatable bonds is 4. The summed E-state index contributed by atoms with van der Waals surface area (Å²) in [6, 6.07) is 12.7. The first-order chi connectivity index (χ1) is 15.8. The van der Waals surface area contributed by atoms with Crippen LogP contribution in [0.25, 0.3) is 11.3 Å². The Balaban J connectivity index is 1.48. The fourth-order valence-electron chi connectivity index (χ4n) is 4.18. The van der Waals surface area contributed by atoms with Crippen molar-refractivity contribution in [2.24, 2.45) is 0 Å². The van der Waals surface area contributed by atoms with Gasteiger partial charge in [-0.15, -0.1) is 0 Å². The van der Waals surface area contributed by atoms with Gasteiger partial charge in [-0.05, 0) is 55.7 Å². The lowest BCUT2D eigenvalue weighted by molar-refractivity contribution is 0.102. The van der Waals surface area contributed by atoms with Gasteiger partial charge in [0.1, 0.15) is 13.2 Å². The number of ether oxygens (including phenoxy) is 2. The molecule has 1 N–H and O–H groups in total. The summed E-state index contributed by atoms with van der Waals surface area (Å²) < 4.78 is 37.0. The summed E-state index contributed by atoms with van der Waals surface area (Å²) in [6.45, 7) is 5.01. The van der Waals surface area contributed by atoms with E-state index in [4.69, 9.17) is 9.47 Å². The zero-order valence-electron chi connectivity index (χ0n) is 18.5. The summed E-state index contributed by atoms with van der Waals surface area (Å²) in [5.41, 5.74) is 4.68. The van der Waals surface area contributed by atoms with E-state index >= 15 is 0 Å². The van der Waals surface area contributed by atoms with Crippen molar-refractivity contribution in [2.75, 3.05) is 30.0 Å². The van der Waals surface area contributed by atoms with Crippen molar-refractivity contribution in [1.29, 1.82) is 0 Å². The van der Waals surface area contributed by atoms with Crippen LogP contribution in [0.4, 0.5) is 5.69 Å². The highest BCUT2D eigenvalue weighted by molar-refractivity contribution is 7.91. The molecule has 1 aromatic heterocycles. The summed E-state index contributed by atoms with van der Waals surface area (Å²) in [4.78, 5) is 13.1.